The van der Waals surface area contributed by atoms with E-state index in [0.717, 1.165) is 0 Å². The fourth-order valence-corrected chi connectivity index (χ4v) is 1.70. The van der Waals surface area contributed by atoms with Gasteiger partial charge in [-0.15, -0.1) is 0 Å². The molecule has 4 heteroatoms. The first-order chi connectivity index (χ1) is 8.11. The smallest absolute Gasteiger partial charge is 0.352 e. The van der Waals surface area contributed by atoms with E-state index in [1.165, 1.54) is 6.20 Å². The van der Waals surface area contributed by atoms with Gasteiger partial charge in [0.15, 0.2) is 5.78 Å². The molecule has 0 unspecified atom stereocenters. The largest absolute Gasteiger partial charge is 0.477 e. The molecule has 1 aromatic carbocycles. The van der Waals surface area contributed by atoms with Gasteiger partial charge in [-0.3, -0.25) is 4.79 Å². The number of ketones is 1. The predicted molar refractivity (Wildman–Crippen MR) is 62.4 cm³/mol. The minimum atomic E-state index is -1.06. The van der Waals surface area contributed by atoms with Gasteiger partial charge in [-0.1, -0.05) is 30.3 Å². The fourth-order valence-electron chi connectivity index (χ4n) is 1.70. The molecule has 0 aliphatic carbocycles. The van der Waals surface area contributed by atoms with Crippen LogP contribution in [0.4, 0.5) is 0 Å². The van der Waals surface area contributed by atoms with Gasteiger partial charge >= 0.3 is 5.97 Å². The molecule has 0 aliphatic rings. The van der Waals surface area contributed by atoms with Gasteiger partial charge in [0.25, 0.3) is 0 Å². The van der Waals surface area contributed by atoms with E-state index in [-0.39, 0.29) is 11.5 Å². The molecule has 0 amide bonds. The standard InChI is InChI=1S/C13H11NO3/c1-8-10(7-14-11(8)13(16)17)12(15)9-5-3-2-4-6-9/h2-7,14H,1H3,(H,16,17). The molecule has 1 aromatic heterocycles. The maximum atomic E-state index is 12.1. The Balaban J connectivity index is 2.42. The van der Waals surface area contributed by atoms with E-state index >= 15 is 0 Å². The second-order valence-corrected chi connectivity index (χ2v) is 3.70. The number of H-pyrrole nitrogens is 1. The lowest BCUT2D eigenvalue weighted by atomic mass is 10.0. The number of hydrogen-bond acceptors (Lipinski definition) is 2. The second-order valence-electron chi connectivity index (χ2n) is 3.70. The Labute approximate surface area is 97.9 Å². The van der Waals surface area contributed by atoms with Crippen molar-refractivity contribution in [2.45, 2.75) is 6.92 Å². The highest BCUT2D eigenvalue weighted by Gasteiger charge is 2.18. The molecule has 86 valence electrons. The number of benzene rings is 1. The van der Waals surface area contributed by atoms with Gasteiger partial charge in [-0.25, -0.2) is 4.79 Å². The maximum Gasteiger partial charge on any atom is 0.352 e. The first-order valence-corrected chi connectivity index (χ1v) is 5.12. The molecule has 0 saturated heterocycles. The lowest BCUT2D eigenvalue weighted by Gasteiger charge is -1.99. The van der Waals surface area contributed by atoms with Gasteiger partial charge in [0, 0.05) is 17.3 Å². The van der Waals surface area contributed by atoms with Crippen LogP contribution < -0.4 is 0 Å². The average Bonchev–Trinajstić information content (AvgIpc) is 2.71. The van der Waals surface area contributed by atoms with Crippen LogP contribution in [0.3, 0.4) is 0 Å². The SMILES string of the molecule is Cc1c(C(=O)c2ccccc2)c[nH]c1C(=O)O. The fraction of sp³-hybridized carbons (Fsp3) is 0.0769. The van der Waals surface area contributed by atoms with Crippen LogP contribution in [0.15, 0.2) is 36.5 Å². The number of hydrogen-bond donors (Lipinski definition) is 2. The molecule has 17 heavy (non-hydrogen) atoms. The Morgan fingerprint density at radius 2 is 1.82 bits per heavy atom. The van der Waals surface area contributed by atoms with Gasteiger partial charge < -0.3 is 10.1 Å². The Hall–Kier alpha value is -2.36. The van der Waals surface area contributed by atoms with E-state index in [4.69, 9.17) is 5.11 Å². The summed E-state index contributed by atoms with van der Waals surface area (Å²) in [6.45, 7) is 1.62. The molecule has 2 rings (SSSR count). The van der Waals surface area contributed by atoms with E-state index in [9.17, 15) is 9.59 Å². The summed E-state index contributed by atoms with van der Waals surface area (Å²) in [5.41, 5.74) is 1.47. The van der Waals surface area contributed by atoms with Crippen LogP contribution in [0, 0.1) is 6.92 Å². The monoisotopic (exact) mass is 229 g/mol. The molecule has 0 aliphatic heterocycles. The van der Waals surface area contributed by atoms with Gasteiger partial charge in [-0.05, 0) is 12.5 Å². The summed E-state index contributed by atoms with van der Waals surface area (Å²) in [4.78, 5) is 25.5. The average molecular weight is 229 g/mol. The number of aromatic nitrogens is 1. The van der Waals surface area contributed by atoms with E-state index in [2.05, 4.69) is 4.98 Å². The number of aromatic carboxylic acids is 1. The second kappa shape index (κ2) is 4.25. The van der Waals surface area contributed by atoms with Crippen LogP contribution in [-0.4, -0.2) is 21.8 Å². The molecule has 0 atom stereocenters. The van der Waals surface area contributed by atoms with Crippen LogP contribution in [0.1, 0.15) is 32.0 Å². The molecular weight excluding hydrogens is 218 g/mol. The third-order valence-corrected chi connectivity index (χ3v) is 2.63. The van der Waals surface area contributed by atoms with Crippen LogP contribution >= 0.6 is 0 Å². The number of carboxylic acids is 1. The zero-order valence-corrected chi connectivity index (χ0v) is 9.23. The number of nitrogens with one attached hydrogen (secondary N) is 1. The summed E-state index contributed by atoms with van der Waals surface area (Å²) < 4.78 is 0. The van der Waals surface area contributed by atoms with Crippen molar-refractivity contribution in [1.29, 1.82) is 0 Å². The van der Waals surface area contributed by atoms with Gasteiger partial charge in [0.05, 0.1) is 0 Å². The van der Waals surface area contributed by atoms with Crippen LogP contribution in [-0.2, 0) is 0 Å². The summed E-state index contributed by atoms with van der Waals surface area (Å²) >= 11 is 0. The predicted octanol–water partition coefficient (Wildman–Crippen LogP) is 2.25. The zero-order valence-electron chi connectivity index (χ0n) is 9.23. The molecule has 0 spiro atoms. The van der Waals surface area contributed by atoms with Gasteiger partial charge in [-0.2, -0.15) is 0 Å². The third kappa shape index (κ3) is 1.97. The number of aromatic amines is 1. The molecular formula is C13H11NO3. The quantitative estimate of drug-likeness (QED) is 0.793. The molecule has 4 nitrogen and oxygen atoms in total. The Bertz CT molecular complexity index is 570. The van der Waals surface area contributed by atoms with E-state index < -0.39 is 5.97 Å². The first kappa shape index (κ1) is 11.1. The first-order valence-electron chi connectivity index (χ1n) is 5.12. The van der Waals surface area contributed by atoms with Crippen LogP contribution in [0.2, 0.25) is 0 Å². The summed E-state index contributed by atoms with van der Waals surface area (Å²) in [6.07, 6.45) is 1.44. The summed E-state index contributed by atoms with van der Waals surface area (Å²) in [6, 6.07) is 8.77. The topological polar surface area (TPSA) is 70.2 Å². The van der Waals surface area contributed by atoms with Crippen molar-refractivity contribution in [2.75, 3.05) is 0 Å². The molecule has 0 saturated carbocycles. The van der Waals surface area contributed by atoms with Crippen molar-refractivity contribution >= 4 is 11.8 Å². The number of carbonyl (C=O) groups is 2. The molecule has 2 N–H and O–H groups in total. The molecule has 0 fully saturated rings. The molecule has 0 bridgehead atoms. The van der Waals surface area contributed by atoms with Crippen LogP contribution in [0.25, 0.3) is 0 Å². The maximum absolute atomic E-state index is 12.1. The number of carboxylic acid groups (broad SMARTS) is 1. The lowest BCUT2D eigenvalue weighted by molar-refractivity contribution is 0.0690. The van der Waals surface area contributed by atoms with Gasteiger partial charge in [0.2, 0.25) is 0 Å². The lowest BCUT2D eigenvalue weighted by Crippen LogP contribution is -2.03. The van der Waals surface area contributed by atoms with Crippen molar-refractivity contribution in [3.05, 3.63) is 58.9 Å². The highest BCUT2D eigenvalue weighted by atomic mass is 16.4. The number of carbonyl (C=O) groups excluding carboxylic acids is 1. The van der Waals surface area contributed by atoms with Gasteiger partial charge in [0.1, 0.15) is 5.69 Å². The van der Waals surface area contributed by atoms with E-state index in [1.54, 1.807) is 31.2 Å². The molecule has 2 aromatic rings. The zero-order chi connectivity index (χ0) is 12.4. The molecule has 1 heterocycles. The molecule has 0 radical (unpaired) electrons. The van der Waals surface area contributed by atoms with E-state index in [1.807, 2.05) is 6.07 Å². The Morgan fingerprint density at radius 1 is 1.18 bits per heavy atom. The minimum Gasteiger partial charge on any atom is -0.477 e. The van der Waals surface area contributed by atoms with Crippen LogP contribution in [0.5, 0.6) is 0 Å². The Kier molecular flexibility index (Phi) is 2.78. The van der Waals surface area contributed by atoms with Crippen molar-refractivity contribution < 1.29 is 14.7 Å². The van der Waals surface area contributed by atoms with E-state index in [0.29, 0.717) is 16.7 Å². The summed E-state index contributed by atoms with van der Waals surface area (Å²) in [5.74, 6) is -1.23. The minimum absolute atomic E-state index is 0.0595. The third-order valence-electron chi connectivity index (χ3n) is 2.63. The highest BCUT2D eigenvalue weighted by molar-refractivity contribution is 6.11. The normalized spacial score (nSPS) is 10.2. The van der Waals surface area contributed by atoms with Crippen molar-refractivity contribution in [1.82, 2.24) is 4.98 Å². The Morgan fingerprint density at radius 3 is 2.35 bits per heavy atom. The highest BCUT2D eigenvalue weighted by Crippen LogP contribution is 2.17. The summed E-state index contributed by atoms with van der Waals surface area (Å²) in [7, 11) is 0. The van der Waals surface area contributed by atoms with Crippen molar-refractivity contribution in [3.63, 3.8) is 0 Å². The van der Waals surface area contributed by atoms with Crippen molar-refractivity contribution in [3.8, 4) is 0 Å². The van der Waals surface area contributed by atoms with Crippen molar-refractivity contribution in [2.24, 2.45) is 0 Å². The summed E-state index contributed by atoms with van der Waals surface area (Å²) in [5, 5.41) is 8.89. The number of rotatable bonds is 3.